The van der Waals surface area contributed by atoms with Crippen LogP contribution in [-0.2, 0) is 4.79 Å². The minimum Gasteiger partial charge on any atom is -0.480 e. The summed E-state index contributed by atoms with van der Waals surface area (Å²) in [6, 6.07) is 3.85. The zero-order chi connectivity index (χ0) is 13.9. The summed E-state index contributed by atoms with van der Waals surface area (Å²) in [6.45, 7) is 2.92. The number of halogens is 1. The number of aliphatic carboxylic acids is 1. The van der Waals surface area contributed by atoms with Crippen LogP contribution in [-0.4, -0.2) is 29.6 Å². The SMILES string of the molecule is CNC(=O)c1ccc(NC(C)(C)C(=O)O)cc1F. The predicted octanol–water partition coefficient (Wildman–Crippen LogP) is 1.46. The Labute approximate surface area is 104 Å². The molecule has 0 bridgehead atoms. The smallest absolute Gasteiger partial charge is 0.328 e. The van der Waals surface area contributed by atoms with Gasteiger partial charge in [-0.2, -0.15) is 0 Å². The van der Waals surface area contributed by atoms with Crippen molar-refractivity contribution in [1.29, 1.82) is 0 Å². The Hall–Kier alpha value is -2.11. The molecule has 0 spiro atoms. The second-order valence-electron chi connectivity index (χ2n) is 4.33. The first kappa shape index (κ1) is 14.0. The van der Waals surface area contributed by atoms with Gasteiger partial charge in [-0.25, -0.2) is 9.18 Å². The second-order valence-corrected chi connectivity index (χ2v) is 4.33. The molecule has 0 fully saturated rings. The van der Waals surface area contributed by atoms with Crippen molar-refractivity contribution < 1.29 is 19.1 Å². The summed E-state index contributed by atoms with van der Waals surface area (Å²) in [7, 11) is 1.40. The van der Waals surface area contributed by atoms with Gasteiger partial charge < -0.3 is 15.7 Å². The summed E-state index contributed by atoms with van der Waals surface area (Å²) < 4.78 is 13.6. The minimum absolute atomic E-state index is 0.0869. The summed E-state index contributed by atoms with van der Waals surface area (Å²) in [5.74, 6) is -2.30. The highest BCUT2D eigenvalue weighted by Crippen LogP contribution is 2.19. The maximum atomic E-state index is 13.6. The number of carboxylic acid groups (broad SMARTS) is 1. The molecule has 5 nitrogen and oxygen atoms in total. The van der Waals surface area contributed by atoms with Gasteiger partial charge in [-0.1, -0.05) is 0 Å². The van der Waals surface area contributed by atoms with E-state index in [9.17, 15) is 14.0 Å². The fourth-order valence-corrected chi connectivity index (χ4v) is 1.33. The molecule has 0 aliphatic rings. The van der Waals surface area contributed by atoms with Gasteiger partial charge in [0.15, 0.2) is 0 Å². The van der Waals surface area contributed by atoms with Crippen LogP contribution >= 0.6 is 0 Å². The van der Waals surface area contributed by atoms with Crippen LogP contribution in [0.2, 0.25) is 0 Å². The minimum atomic E-state index is -1.22. The van der Waals surface area contributed by atoms with E-state index in [0.29, 0.717) is 5.69 Å². The van der Waals surface area contributed by atoms with E-state index in [1.54, 1.807) is 0 Å². The molecule has 0 aliphatic heterocycles. The molecule has 6 heteroatoms. The standard InChI is InChI=1S/C12H15FN2O3/c1-12(2,11(17)18)15-7-4-5-8(9(13)6-7)10(16)14-3/h4-6,15H,1-3H3,(H,14,16)(H,17,18). The molecule has 98 valence electrons. The summed E-state index contributed by atoms with van der Waals surface area (Å²) in [4.78, 5) is 22.2. The van der Waals surface area contributed by atoms with Crippen molar-refractivity contribution in [3.8, 4) is 0 Å². The Morgan fingerprint density at radius 3 is 2.39 bits per heavy atom. The van der Waals surface area contributed by atoms with Crippen LogP contribution in [0.3, 0.4) is 0 Å². The van der Waals surface area contributed by atoms with Crippen LogP contribution in [0.15, 0.2) is 18.2 Å². The molecular formula is C12H15FN2O3. The molecular weight excluding hydrogens is 239 g/mol. The molecule has 0 heterocycles. The van der Waals surface area contributed by atoms with Crippen LogP contribution in [0.1, 0.15) is 24.2 Å². The van der Waals surface area contributed by atoms with Crippen LogP contribution in [0.5, 0.6) is 0 Å². The Kier molecular flexibility index (Phi) is 3.90. The number of anilines is 1. The van der Waals surface area contributed by atoms with E-state index in [0.717, 1.165) is 6.07 Å². The molecule has 0 saturated heterocycles. The number of carboxylic acids is 1. The van der Waals surface area contributed by atoms with Gasteiger partial charge in [0.25, 0.3) is 5.91 Å². The van der Waals surface area contributed by atoms with Crippen molar-refractivity contribution in [2.24, 2.45) is 0 Å². The van der Waals surface area contributed by atoms with E-state index in [2.05, 4.69) is 10.6 Å². The van der Waals surface area contributed by atoms with Gasteiger partial charge in [0, 0.05) is 12.7 Å². The maximum absolute atomic E-state index is 13.6. The predicted molar refractivity (Wildman–Crippen MR) is 65.1 cm³/mol. The maximum Gasteiger partial charge on any atom is 0.328 e. The zero-order valence-electron chi connectivity index (χ0n) is 10.4. The fraction of sp³-hybridized carbons (Fsp3) is 0.333. The first-order chi connectivity index (χ1) is 8.27. The molecule has 1 rings (SSSR count). The molecule has 0 atom stereocenters. The Morgan fingerprint density at radius 2 is 1.94 bits per heavy atom. The average Bonchev–Trinajstić information content (AvgIpc) is 2.27. The fourth-order valence-electron chi connectivity index (χ4n) is 1.33. The van der Waals surface area contributed by atoms with Crippen molar-refractivity contribution in [1.82, 2.24) is 5.32 Å². The van der Waals surface area contributed by atoms with Gasteiger partial charge in [0.05, 0.1) is 5.56 Å². The number of hydrogen-bond donors (Lipinski definition) is 3. The van der Waals surface area contributed by atoms with Gasteiger partial charge in [0.1, 0.15) is 11.4 Å². The van der Waals surface area contributed by atoms with Crippen LogP contribution in [0.4, 0.5) is 10.1 Å². The molecule has 0 aliphatic carbocycles. The lowest BCUT2D eigenvalue weighted by molar-refractivity contribution is -0.141. The lowest BCUT2D eigenvalue weighted by atomic mass is 10.1. The third kappa shape index (κ3) is 2.97. The molecule has 1 amide bonds. The molecule has 0 radical (unpaired) electrons. The van der Waals surface area contributed by atoms with Crippen molar-refractivity contribution in [2.75, 3.05) is 12.4 Å². The van der Waals surface area contributed by atoms with Crippen LogP contribution in [0.25, 0.3) is 0 Å². The lowest BCUT2D eigenvalue weighted by Crippen LogP contribution is -2.40. The Balaban J connectivity index is 2.99. The highest BCUT2D eigenvalue weighted by molar-refractivity contribution is 5.94. The largest absolute Gasteiger partial charge is 0.480 e. The third-order valence-electron chi connectivity index (χ3n) is 2.43. The number of carbonyl (C=O) groups is 2. The molecule has 3 N–H and O–H groups in total. The first-order valence-electron chi connectivity index (χ1n) is 5.31. The molecule has 0 unspecified atom stereocenters. The Bertz CT molecular complexity index is 486. The molecule has 18 heavy (non-hydrogen) atoms. The number of benzene rings is 1. The summed E-state index contributed by atoms with van der Waals surface area (Å²) in [6.07, 6.45) is 0. The lowest BCUT2D eigenvalue weighted by Gasteiger charge is -2.22. The highest BCUT2D eigenvalue weighted by Gasteiger charge is 2.27. The number of rotatable bonds is 4. The van der Waals surface area contributed by atoms with E-state index in [1.807, 2.05) is 0 Å². The van der Waals surface area contributed by atoms with Gasteiger partial charge in [-0.05, 0) is 32.0 Å². The number of amides is 1. The van der Waals surface area contributed by atoms with Crippen molar-refractivity contribution in [3.05, 3.63) is 29.6 Å². The zero-order valence-corrected chi connectivity index (χ0v) is 10.4. The normalized spacial score (nSPS) is 10.9. The average molecular weight is 254 g/mol. The monoisotopic (exact) mass is 254 g/mol. The summed E-state index contributed by atoms with van der Waals surface area (Å²) >= 11 is 0. The van der Waals surface area contributed by atoms with E-state index in [4.69, 9.17) is 5.11 Å². The molecule has 0 aromatic heterocycles. The van der Waals surface area contributed by atoms with Crippen LogP contribution in [0, 0.1) is 5.82 Å². The second kappa shape index (κ2) is 5.03. The number of hydrogen-bond acceptors (Lipinski definition) is 3. The molecule has 0 saturated carbocycles. The number of nitrogens with one attached hydrogen (secondary N) is 2. The van der Waals surface area contributed by atoms with E-state index >= 15 is 0 Å². The molecule has 1 aromatic carbocycles. The van der Waals surface area contributed by atoms with Crippen molar-refractivity contribution in [3.63, 3.8) is 0 Å². The van der Waals surface area contributed by atoms with Gasteiger partial charge in [-0.15, -0.1) is 0 Å². The van der Waals surface area contributed by atoms with Crippen molar-refractivity contribution >= 4 is 17.6 Å². The highest BCUT2D eigenvalue weighted by atomic mass is 19.1. The van der Waals surface area contributed by atoms with Gasteiger partial charge in [-0.3, -0.25) is 4.79 Å². The third-order valence-corrected chi connectivity index (χ3v) is 2.43. The van der Waals surface area contributed by atoms with E-state index in [-0.39, 0.29) is 5.56 Å². The van der Waals surface area contributed by atoms with E-state index in [1.165, 1.54) is 33.0 Å². The molecule has 1 aromatic rings. The van der Waals surface area contributed by atoms with E-state index < -0.39 is 23.2 Å². The van der Waals surface area contributed by atoms with Crippen LogP contribution < -0.4 is 10.6 Å². The summed E-state index contributed by atoms with van der Waals surface area (Å²) in [5.41, 5.74) is -1.01. The Morgan fingerprint density at radius 1 is 1.33 bits per heavy atom. The summed E-state index contributed by atoms with van der Waals surface area (Å²) in [5, 5.41) is 13.9. The topological polar surface area (TPSA) is 78.4 Å². The quantitative estimate of drug-likeness (QED) is 0.760. The number of carbonyl (C=O) groups excluding carboxylic acids is 1. The van der Waals surface area contributed by atoms with Gasteiger partial charge in [0.2, 0.25) is 0 Å². The first-order valence-corrected chi connectivity index (χ1v) is 5.31. The van der Waals surface area contributed by atoms with Crippen molar-refractivity contribution in [2.45, 2.75) is 19.4 Å². The van der Waals surface area contributed by atoms with Gasteiger partial charge >= 0.3 is 5.97 Å².